The average molecular weight is 222 g/mol. The lowest BCUT2D eigenvalue weighted by atomic mass is 10.3. The highest BCUT2D eigenvalue weighted by molar-refractivity contribution is 7.91. The summed E-state index contributed by atoms with van der Waals surface area (Å²) in [6.07, 6.45) is 1.69. The van der Waals surface area contributed by atoms with Gasteiger partial charge in [-0.15, -0.1) is 0 Å². The molecule has 5 heteroatoms. The molecule has 0 unspecified atom stereocenters. The molecule has 14 heavy (non-hydrogen) atoms. The minimum absolute atomic E-state index is 0.250. The summed E-state index contributed by atoms with van der Waals surface area (Å²) in [4.78, 5) is 2.12. The molecule has 0 aromatic heterocycles. The van der Waals surface area contributed by atoms with Crippen LogP contribution in [0.15, 0.2) is 0 Å². The van der Waals surface area contributed by atoms with Gasteiger partial charge in [0.1, 0.15) is 9.84 Å². The summed E-state index contributed by atoms with van der Waals surface area (Å²) in [6, 6.07) is 0. The molecule has 0 bridgehead atoms. The predicted molar refractivity (Wildman–Crippen MR) is 60.1 cm³/mol. The summed E-state index contributed by atoms with van der Waals surface area (Å²) in [7, 11) is -0.793. The molecule has 0 fully saturated rings. The van der Waals surface area contributed by atoms with Crippen LogP contribution in [0.4, 0.5) is 0 Å². The summed E-state index contributed by atoms with van der Waals surface area (Å²) in [5.74, 6) is 0.552. The standard InChI is InChI=1S/C9H22N2O2S/c1-3-14(12,13)9-5-8-11(2)7-4-6-10/h3-10H2,1-2H3. The van der Waals surface area contributed by atoms with Crippen molar-refractivity contribution in [1.82, 2.24) is 4.90 Å². The Morgan fingerprint density at radius 2 is 1.79 bits per heavy atom. The first-order valence-electron chi connectivity index (χ1n) is 5.11. The summed E-state index contributed by atoms with van der Waals surface area (Å²) < 4.78 is 22.3. The maximum absolute atomic E-state index is 11.2. The zero-order valence-electron chi connectivity index (χ0n) is 9.20. The second-order valence-electron chi connectivity index (χ2n) is 3.54. The van der Waals surface area contributed by atoms with Crippen LogP contribution in [-0.4, -0.2) is 51.5 Å². The Balaban J connectivity index is 3.54. The van der Waals surface area contributed by atoms with Crippen molar-refractivity contribution >= 4 is 9.84 Å². The van der Waals surface area contributed by atoms with E-state index in [9.17, 15) is 8.42 Å². The van der Waals surface area contributed by atoms with Gasteiger partial charge in [-0.05, 0) is 39.5 Å². The van der Waals surface area contributed by atoms with E-state index in [1.165, 1.54) is 0 Å². The third-order valence-electron chi connectivity index (χ3n) is 2.18. The Kier molecular flexibility index (Phi) is 7.13. The topological polar surface area (TPSA) is 63.4 Å². The SMILES string of the molecule is CCS(=O)(=O)CCCN(C)CCCN. The van der Waals surface area contributed by atoms with Crippen molar-refractivity contribution in [2.24, 2.45) is 5.73 Å². The first-order chi connectivity index (χ1) is 6.52. The highest BCUT2D eigenvalue weighted by Crippen LogP contribution is 1.96. The Morgan fingerprint density at radius 3 is 2.29 bits per heavy atom. The van der Waals surface area contributed by atoms with Gasteiger partial charge in [0.05, 0.1) is 5.75 Å². The van der Waals surface area contributed by atoms with Crippen molar-refractivity contribution in [1.29, 1.82) is 0 Å². The van der Waals surface area contributed by atoms with E-state index in [2.05, 4.69) is 4.90 Å². The molecule has 0 aliphatic rings. The maximum Gasteiger partial charge on any atom is 0.150 e. The molecule has 2 N–H and O–H groups in total. The van der Waals surface area contributed by atoms with Gasteiger partial charge >= 0.3 is 0 Å². The number of hydrogen-bond acceptors (Lipinski definition) is 4. The Labute approximate surface area is 87.4 Å². The van der Waals surface area contributed by atoms with Crippen molar-refractivity contribution in [3.8, 4) is 0 Å². The molecule has 0 radical (unpaired) electrons. The molecular formula is C9H22N2O2S. The summed E-state index contributed by atoms with van der Waals surface area (Å²) in [6.45, 7) is 4.16. The Bertz CT molecular complexity index is 227. The van der Waals surface area contributed by atoms with Gasteiger partial charge in [-0.25, -0.2) is 8.42 Å². The lowest BCUT2D eigenvalue weighted by Gasteiger charge is -2.15. The lowest BCUT2D eigenvalue weighted by Crippen LogP contribution is -2.24. The van der Waals surface area contributed by atoms with E-state index in [1.54, 1.807) is 6.92 Å². The van der Waals surface area contributed by atoms with Crippen molar-refractivity contribution < 1.29 is 8.42 Å². The molecule has 0 rings (SSSR count). The maximum atomic E-state index is 11.2. The normalized spacial score (nSPS) is 12.3. The zero-order chi connectivity index (χ0) is 11.0. The minimum Gasteiger partial charge on any atom is -0.330 e. The first kappa shape index (κ1) is 13.9. The van der Waals surface area contributed by atoms with Crippen LogP contribution in [0.1, 0.15) is 19.8 Å². The van der Waals surface area contributed by atoms with Gasteiger partial charge in [0.15, 0.2) is 0 Å². The van der Waals surface area contributed by atoms with E-state index in [4.69, 9.17) is 5.73 Å². The van der Waals surface area contributed by atoms with Gasteiger partial charge in [0, 0.05) is 5.75 Å². The molecule has 86 valence electrons. The van der Waals surface area contributed by atoms with Crippen LogP contribution >= 0.6 is 0 Å². The molecule has 0 aromatic rings. The Morgan fingerprint density at radius 1 is 1.21 bits per heavy atom. The van der Waals surface area contributed by atoms with E-state index in [1.807, 2.05) is 7.05 Å². The summed E-state index contributed by atoms with van der Waals surface area (Å²) >= 11 is 0. The molecule has 0 aliphatic heterocycles. The van der Waals surface area contributed by atoms with Gasteiger partial charge in [0.25, 0.3) is 0 Å². The molecule has 0 saturated heterocycles. The molecular weight excluding hydrogens is 200 g/mol. The minimum atomic E-state index is -2.79. The highest BCUT2D eigenvalue weighted by atomic mass is 32.2. The third kappa shape index (κ3) is 7.29. The number of nitrogens with two attached hydrogens (primary N) is 1. The summed E-state index contributed by atoms with van der Waals surface area (Å²) in [5.41, 5.74) is 5.37. The highest BCUT2D eigenvalue weighted by Gasteiger charge is 2.07. The van der Waals surface area contributed by atoms with Crippen molar-refractivity contribution in [2.75, 3.05) is 38.2 Å². The fourth-order valence-corrected chi connectivity index (χ4v) is 2.03. The second-order valence-corrected chi connectivity index (χ2v) is 6.01. The smallest absolute Gasteiger partial charge is 0.150 e. The number of hydrogen-bond donors (Lipinski definition) is 1. The van der Waals surface area contributed by atoms with Gasteiger partial charge in [-0.2, -0.15) is 0 Å². The molecule has 0 heterocycles. The van der Waals surface area contributed by atoms with E-state index < -0.39 is 9.84 Å². The number of nitrogens with zero attached hydrogens (tertiary/aromatic N) is 1. The molecule has 4 nitrogen and oxygen atoms in total. The van der Waals surface area contributed by atoms with Crippen LogP contribution < -0.4 is 5.73 Å². The first-order valence-corrected chi connectivity index (χ1v) is 6.93. The average Bonchev–Trinajstić information content (AvgIpc) is 2.14. The van der Waals surface area contributed by atoms with Gasteiger partial charge in [0.2, 0.25) is 0 Å². The molecule has 0 atom stereocenters. The van der Waals surface area contributed by atoms with Crippen LogP contribution in [0.5, 0.6) is 0 Å². The Hall–Kier alpha value is -0.130. The van der Waals surface area contributed by atoms with Gasteiger partial charge in [-0.1, -0.05) is 6.92 Å². The van der Waals surface area contributed by atoms with Crippen LogP contribution in [0, 0.1) is 0 Å². The van der Waals surface area contributed by atoms with Crippen LogP contribution in [-0.2, 0) is 9.84 Å². The van der Waals surface area contributed by atoms with E-state index >= 15 is 0 Å². The molecule has 0 amide bonds. The van der Waals surface area contributed by atoms with Crippen molar-refractivity contribution in [3.63, 3.8) is 0 Å². The lowest BCUT2D eigenvalue weighted by molar-refractivity contribution is 0.332. The third-order valence-corrected chi connectivity index (χ3v) is 3.97. The van der Waals surface area contributed by atoms with Crippen LogP contribution in [0.3, 0.4) is 0 Å². The molecule has 0 aliphatic carbocycles. The van der Waals surface area contributed by atoms with E-state index in [0.29, 0.717) is 12.3 Å². The largest absolute Gasteiger partial charge is 0.330 e. The monoisotopic (exact) mass is 222 g/mol. The van der Waals surface area contributed by atoms with Crippen LogP contribution in [0.25, 0.3) is 0 Å². The fourth-order valence-electron chi connectivity index (χ4n) is 1.17. The van der Waals surface area contributed by atoms with E-state index in [-0.39, 0.29) is 5.75 Å². The molecule has 0 aromatic carbocycles. The van der Waals surface area contributed by atoms with Gasteiger partial charge < -0.3 is 10.6 Å². The zero-order valence-corrected chi connectivity index (χ0v) is 10.0. The quantitative estimate of drug-likeness (QED) is 0.632. The number of rotatable bonds is 8. The van der Waals surface area contributed by atoms with Crippen LogP contribution in [0.2, 0.25) is 0 Å². The van der Waals surface area contributed by atoms with Crippen molar-refractivity contribution in [2.45, 2.75) is 19.8 Å². The number of sulfone groups is 1. The van der Waals surface area contributed by atoms with Crippen molar-refractivity contribution in [3.05, 3.63) is 0 Å². The molecule has 0 saturated carbocycles. The second kappa shape index (κ2) is 7.20. The van der Waals surface area contributed by atoms with E-state index in [0.717, 1.165) is 25.9 Å². The predicted octanol–water partition coefficient (Wildman–Crippen LogP) is 0.0918. The summed E-state index contributed by atoms with van der Waals surface area (Å²) in [5, 5.41) is 0. The van der Waals surface area contributed by atoms with Gasteiger partial charge in [-0.3, -0.25) is 0 Å². The molecule has 0 spiro atoms. The fraction of sp³-hybridized carbons (Fsp3) is 1.00.